The molecule has 0 bridgehead atoms. The topological polar surface area (TPSA) is 63.2 Å². The van der Waals surface area contributed by atoms with Crippen LogP contribution in [-0.2, 0) is 4.74 Å². The first-order valence-electron chi connectivity index (χ1n) is 9.09. The summed E-state index contributed by atoms with van der Waals surface area (Å²) in [6.07, 6.45) is 12.4. The maximum absolute atomic E-state index is 12.2. The number of carbonyl (C=O) groups is 1. The van der Waals surface area contributed by atoms with Crippen LogP contribution in [0.2, 0.25) is 0 Å². The number of nitrogens with one attached hydrogen (secondary N) is 2. The van der Waals surface area contributed by atoms with Gasteiger partial charge in [-0.2, -0.15) is 0 Å². The maximum Gasteiger partial charge on any atom is 0.251 e. The zero-order valence-corrected chi connectivity index (χ0v) is 14.2. The molecule has 1 aromatic rings. The van der Waals surface area contributed by atoms with E-state index in [-0.39, 0.29) is 12.0 Å². The average Bonchev–Trinajstić information content (AvgIpc) is 3.14. The number of amides is 1. The largest absolute Gasteiger partial charge is 0.376 e. The third-order valence-electron chi connectivity index (χ3n) is 4.67. The molecule has 0 saturated carbocycles. The molecular formula is C19H27N3O2. The highest BCUT2D eigenvalue weighted by atomic mass is 16.5. The predicted molar refractivity (Wildman–Crippen MR) is 95.2 cm³/mol. The van der Waals surface area contributed by atoms with Crippen molar-refractivity contribution < 1.29 is 9.53 Å². The summed E-state index contributed by atoms with van der Waals surface area (Å²) in [5.41, 5.74) is 2.18. The van der Waals surface area contributed by atoms with Crippen molar-refractivity contribution in [3.8, 4) is 0 Å². The van der Waals surface area contributed by atoms with Crippen LogP contribution in [0.4, 0.5) is 5.82 Å². The first-order valence-corrected chi connectivity index (χ1v) is 9.09. The van der Waals surface area contributed by atoms with Gasteiger partial charge in [-0.25, -0.2) is 4.98 Å². The van der Waals surface area contributed by atoms with Crippen LogP contribution >= 0.6 is 0 Å². The van der Waals surface area contributed by atoms with E-state index in [0.29, 0.717) is 12.1 Å². The van der Waals surface area contributed by atoms with E-state index >= 15 is 0 Å². The number of anilines is 1. The fraction of sp³-hybridized carbons (Fsp3) is 0.579. The fourth-order valence-electron chi connectivity index (χ4n) is 3.27. The van der Waals surface area contributed by atoms with Crippen LogP contribution in [0.25, 0.3) is 0 Å². The molecule has 0 spiro atoms. The Morgan fingerprint density at radius 3 is 3.08 bits per heavy atom. The molecule has 1 aromatic heterocycles. The Hall–Kier alpha value is -1.88. The Kier molecular flexibility index (Phi) is 6.24. The second-order valence-electron chi connectivity index (χ2n) is 6.56. The molecule has 2 heterocycles. The Bertz CT molecular complexity index is 580. The monoisotopic (exact) mass is 329 g/mol. The van der Waals surface area contributed by atoms with Crippen LogP contribution in [0.15, 0.2) is 30.0 Å². The van der Waals surface area contributed by atoms with Gasteiger partial charge in [0.15, 0.2) is 0 Å². The van der Waals surface area contributed by atoms with Gasteiger partial charge in [-0.3, -0.25) is 4.79 Å². The normalized spacial score (nSPS) is 20.5. The van der Waals surface area contributed by atoms with Crippen molar-refractivity contribution >= 4 is 11.7 Å². The number of rotatable bonds is 7. The Morgan fingerprint density at radius 1 is 1.33 bits per heavy atom. The number of allylic oxidation sites excluding steroid dienone is 1. The molecule has 1 amide bonds. The zero-order chi connectivity index (χ0) is 16.6. The molecular weight excluding hydrogens is 302 g/mol. The highest BCUT2D eigenvalue weighted by molar-refractivity contribution is 5.94. The van der Waals surface area contributed by atoms with Crippen molar-refractivity contribution in [2.24, 2.45) is 0 Å². The molecule has 1 aliphatic heterocycles. The minimum atomic E-state index is -0.0639. The van der Waals surface area contributed by atoms with Crippen LogP contribution < -0.4 is 10.6 Å². The molecule has 130 valence electrons. The molecule has 5 nitrogen and oxygen atoms in total. The van der Waals surface area contributed by atoms with Crippen molar-refractivity contribution in [3.63, 3.8) is 0 Å². The van der Waals surface area contributed by atoms with E-state index in [1.54, 1.807) is 17.8 Å². The predicted octanol–water partition coefficient (Wildman–Crippen LogP) is 3.29. The first-order chi connectivity index (χ1) is 11.8. The van der Waals surface area contributed by atoms with E-state index in [4.69, 9.17) is 4.74 Å². The molecule has 0 radical (unpaired) electrons. The highest BCUT2D eigenvalue weighted by Crippen LogP contribution is 2.20. The summed E-state index contributed by atoms with van der Waals surface area (Å²) in [4.78, 5) is 16.6. The van der Waals surface area contributed by atoms with Crippen molar-refractivity contribution in [3.05, 3.63) is 35.5 Å². The Morgan fingerprint density at radius 2 is 2.29 bits per heavy atom. The molecule has 24 heavy (non-hydrogen) atoms. The van der Waals surface area contributed by atoms with Gasteiger partial charge in [0.25, 0.3) is 5.91 Å². The quantitative estimate of drug-likeness (QED) is 0.754. The minimum Gasteiger partial charge on any atom is -0.376 e. The molecule has 1 atom stereocenters. The third kappa shape index (κ3) is 5.06. The van der Waals surface area contributed by atoms with Crippen molar-refractivity contribution in [2.45, 2.75) is 51.0 Å². The molecule has 1 fully saturated rings. The van der Waals surface area contributed by atoms with E-state index in [0.717, 1.165) is 38.2 Å². The van der Waals surface area contributed by atoms with Gasteiger partial charge in [-0.05, 0) is 57.1 Å². The summed E-state index contributed by atoms with van der Waals surface area (Å²) in [6.45, 7) is 2.25. The van der Waals surface area contributed by atoms with Gasteiger partial charge in [0, 0.05) is 31.5 Å². The lowest BCUT2D eigenvalue weighted by Crippen LogP contribution is -2.31. The number of aromatic nitrogens is 1. The average molecular weight is 329 g/mol. The van der Waals surface area contributed by atoms with Crippen molar-refractivity contribution in [1.29, 1.82) is 0 Å². The second-order valence-corrected chi connectivity index (χ2v) is 6.56. The number of carbonyl (C=O) groups excluding carboxylic acids is 1. The fourth-order valence-corrected chi connectivity index (χ4v) is 3.27. The lowest BCUT2D eigenvalue weighted by atomic mass is 9.97. The summed E-state index contributed by atoms with van der Waals surface area (Å²) in [6, 6.07) is 3.57. The lowest BCUT2D eigenvalue weighted by Gasteiger charge is -2.14. The van der Waals surface area contributed by atoms with Gasteiger partial charge in [0.1, 0.15) is 5.82 Å². The summed E-state index contributed by atoms with van der Waals surface area (Å²) < 4.78 is 5.53. The standard InChI is InChI=1S/C19H27N3O2/c23-19(22-14-17-7-4-12-24-17)16-9-11-21-18(13-16)20-10-8-15-5-2-1-3-6-15/h5,9,11,13,17H,1-4,6-8,10,12,14H2,(H,20,21)(H,22,23). The van der Waals surface area contributed by atoms with Crippen LogP contribution in [0.1, 0.15) is 55.3 Å². The third-order valence-corrected chi connectivity index (χ3v) is 4.67. The molecule has 3 rings (SSSR count). The van der Waals surface area contributed by atoms with Crippen LogP contribution in [0.3, 0.4) is 0 Å². The minimum absolute atomic E-state index is 0.0639. The van der Waals surface area contributed by atoms with Crippen molar-refractivity contribution in [2.75, 3.05) is 25.0 Å². The van der Waals surface area contributed by atoms with Crippen molar-refractivity contribution in [1.82, 2.24) is 10.3 Å². The molecule has 1 unspecified atom stereocenters. The molecule has 2 aliphatic rings. The van der Waals surface area contributed by atoms with Gasteiger partial charge >= 0.3 is 0 Å². The van der Waals surface area contributed by atoms with E-state index in [9.17, 15) is 4.79 Å². The van der Waals surface area contributed by atoms with Gasteiger partial charge in [-0.15, -0.1) is 0 Å². The number of ether oxygens (including phenoxy) is 1. The van der Waals surface area contributed by atoms with Gasteiger partial charge in [0.2, 0.25) is 0 Å². The number of hydrogen-bond acceptors (Lipinski definition) is 4. The molecule has 1 aliphatic carbocycles. The van der Waals surface area contributed by atoms with E-state index in [1.165, 1.54) is 25.7 Å². The number of pyridine rings is 1. The van der Waals surface area contributed by atoms with Crippen LogP contribution in [0.5, 0.6) is 0 Å². The molecule has 2 N–H and O–H groups in total. The second kappa shape index (κ2) is 8.83. The summed E-state index contributed by atoms with van der Waals surface area (Å²) in [5, 5.41) is 6.28. The summed E-state index contributed by atoms with van der Waals surface area (Å²) >= 11 is 0. The van der Waals surface area contributed by atoms with Crippen LogP contribution in [-0.4, -0.2) is 36.7 Å². The van der Waals surface area contributed by atoms with E-state index in [1.807, 2.05) is 6.07 Å². The highest BCUT2D eigenvalue weighted by Gasteiger charge is 2.16. The van der Waals surface area contributed by atoms with Gasteiger partial charge in [0.05, 0.1) is 6.10 Å². The molecule has 1 saturated heterocycles. The van der Waals surface area contributed by atoms with E-state index < -0.39 is 0 Å². The first kappa shape index (κ1) is 17.0. The maximum atomic E-state index is 12.2. The molecule has 5 heteroatoms. The summed E-state index contributed by atoms with van der Waals surface area (Å²) in [7, 11) is 0. The lowest BCUT2D eigenvalue weighted by molar-refractivity contribution is 0.0857. The van der Waals surface area contributed by atoms with Crippen LogP contribution in [0, 0.1) is 0 Å². The van der Waals surface area contributed by atoms with Gasteiger partial charge < -0.3 is 15.4 Å². The molecule has 0 aromatic carbocycles. The number of hydrogen-bond donors (Lipinski definition) is 2. The smallest absolute Gasteiger partial charge is 0.251 e. The number of nitrogens with zero attached hydrogens (tertiary/aromatic N) is 1. The Labute approximate surface area is 143 Å². The van der Waals surface area contributed by atoms with E-state index in [2.05, 4.69) is 21.7 Å². The Balaban J connectivity index is 1.45. The zero-order valence-electron chi connectivity index (χ0n) is 14.2. The SMILES string of the molecule is O=C(NCC1CCCO1)c1ccnc(NCCC2=CCCCC2)c1. The van der Waals surface area contributed by atoms with Gasteiger partial charge in [-0.1, -0.05) is 11.6 Å². The summed E-state index contributed by atoms with van der Waals surface area (Å²) in [5.74, 6) is 0.696.